The standard InChI is InChI=1S/C16H28N2O3S/c1-14(2,3)21-13(19)18-12-7-9-16(18,10-8-12)11-17-22(20)15(4,5)6/h11-12H,7-10H2,1-6H3/b17-11+/t12?,16?,22-/m1/s1. The fourth-order valence-corrected chi connectivity index (χ4v) is 3.71. The lowest BCUT2D eigenvalue weighted by Crippen LogP contribution is -2.48. The van der Waals surface area contributed by atoms with Gasteiger partial charge >= 0.3 is 6.09 Å². The van der Waals surface area contributed by atoms with Gasteiger partial charge in [-0.3, -0.25) is 4.90 Å². The third-order valence-electron chi connectivity index (χ3n) is 4.17. The average Bonchev–Trinajstić information content (AvgIpc) is 2.88. The predicted molar refractivity (Wildman–Crippen MR) is 89.4 cm³/mol. The Hall–Kier alpha value is -0.750. The number of fused-ring (bicyclic) bond motifs is 2. The summed E-state index contributed by atoms with van der Waals surface area (Å²) in [5.41, 5.74) is -0.917. The maximum absolute atomic E-state index is 12.5. The monoisotopic (exact) mass is 328 g/mol. The molecule has 1 atom stereocenters. The average molecular weight is 328 g/mol. The van der Waals surface area contributed by atoms with Crippen molar-refractivity contribution in [1.82, 2.24) is 4.90 Å². The van der Waals surface area contributed by atoms with Crippen molar-refractivity contribution in [3.05, 3.63) is 0 Å². The van der Waals surface area contributed by atoms with Crippen LogP contribution in [0.25, 0.3) is 0 Å². The number of hydrogen-bond acceptors (Lipinski definition) is 4. The number of carbonyl (C=O) groups is 1. The van der Waals surface area contributed by atoms with Crippen LogP contribution in [0.3, 0.4) is 0 Å². The molecule has 2 aliphatic heterocycles. The van der Waals surface area contributed by atoms with E-state index >= 15 is 0 Å². The summed E-state index contributed by atoms with van der Waals surface area (Å²) in [5.74, 6) is 0. The Balaban J connectivity index is 2.17. The highest BCUT2D eigenvalue weighted by Crippen LogP contribution is 2.46. The Morgan fingerprint density at radius 2 is 1.82 bits per heavy atom. The SMILES string of the molecule is CC(C)(C)OC(=O)N1C2CCC1(/C=N/[S@+]([O-])C(C)(C)C)CC2. The summed E-state index contributed by atoms with van der Waals surface area (Å²) in [6, 6.07) is 0.226. The second kappa shape index (κ2) is 5.71. The van der Waals surface area contributed by atoms with Gasteiger partial charge in [-0.05, 0) is 67.2 Å². The number of carbonyl (C=O) groups excluding carboxylic acids is 1. The van der Waals surface area contributed by atoms with Crippen LogP contribution in [0.4, 0.5) is 4.79 Å². The molecule has 2 heterocycles. The maximum atomic E-state index is 12.5. The van der Waals surface area contributed by atoms with Gasteiger partial charge in [0.15, 0.2) is 0 Å². The number of rotatable bonds is 2. The molecule has 0 N–H and O–H groups in total. The first-order valence-corrected chi connectivity index (χ1v) is 9.05. The van der Waals surface area contributed by atoms with Gasteiger partial charge in [0.2, 0.25) is 0 Å². The lowest BCUT2D eigenvalue weighted by atomic mass is 9.89. The Kier molecular flexibility index (Phi) is 4.57. The van der Waals surface area contributed by atoms with Crippen molar-refractivity contribution >= 4 is 23.7 Å². The smallest absolute Gasteiger partial charge is 0.411 e. The number of amides is 1. The first-order chi connectivity index (χ1) is 9.95. The van der Waals surface area contributed by atoms with Gasteiger partial charge < -0.3 is 9.29 Å². The maximum Gasteiger partial charge on any atom is 0.411 e. The first-order valence-electron chi connectivity index (χ1n) is 7.94. The first kappa shape index (κ1) is 17.6. The molecule has 6 heteroatoms. The molecule has 1 amide bonds. The summed E-state index contributed by atoms with van der Waals surface area (Å²) < 4.78 is 21.6. The molecule has 2 fully saturated rings. The van der Waals surface area contributed by atoms with Gasteiger partial charge in [-0.25, -0.2) is 4.79 Å². The minimum atomic E-state index is -1.30. The summed E-state index contributed by atoms with van der Waals surface area (Å²) in [5, 5.41) is 0. The van der Waals surface area contributed by atoms with E-state index in [1.165, 1.54) is 0 Å². The molecule has 5 nitrogen and oxygen atoms in total. The highest BCUT2D eigenvalue weighted by molar-refractivity contribution is 7.91. The van der Waals surface area contributed by atoms with Crippen molar-refractivity contribution in [3.63, 3.8) is 0 Å². The molecule has 0 radical (unpaired) electrons. The van der Waals surface area contributed by atoms with Crippen LogP contribution >= 0.6 is 0 Å². The Morgan fingerprint density at radius 1 is 1.27 bits per heavy atom. The molecule has 2 bridgehead atoms. The van der Waals surface area contributed by atoms with Crippen LogP contribution < -0.4 is 0 Å². The van der Waals surface area contributed by atoms with Crippen LogP contribution in [0.2, 0.25) is 0 Å². The van der Waals surface area contributed by atoms with Crippen LogP contribution in [0.1, 0.15) is 67.2 Å². The molecule has 2 aliphatic rings. The van der Waals surface area contributed by atoms with E-state index in [2.05, 4.69) is 4.40 Å². The molecule has 0 unspecified atom stereocenters. The lowest BCUT2D eigenvalue weighted by molar-refractivity contribution is 0.0175. The van der Waals surface area contributed by atoms with Gasteiger partial charge in [0.25, 0.3) is 0 Å². The van der Waals surface area contributed by atoms with Gasteiger partial charge in [-0.2, -0.15) is 0 Å². The quantitative estimate of drug-likeness (QED) is 0.576. The second-order valence-electron chi connectivity index (χ2n) is 8.28. The summed E-state index contributed by atoms with van der Waals surface area (Å²) in [4.78, 5) is 14.4. The van der Waals surface area contributed by atoms with Crippen LogP contribution in [-0.4, -0.2) is 43.7 Å². The summed E-state index contributed by atoms with van der Waals surface area (Å²) in [7, 11) is 0. The van der Waals surface area contributed by atoms with E-state index in [1.54, 1.807) is 6.21 Å². The fraction of sp³-hybridized carbons (Fsp3) is 0.875. The number of nitrogens with zero attached hydrogens (tertiary/aromatic N) is 2. The van der Waals surface area contributed by atoms with Crippen molar-refractivity contribution < 1.29 is 14.1 Å². The Labute approximate surface area is 136 Å². The van der Waals surface area contributed by atoms with Gasteiger partial charge in [-0.1, -0.05) is 4.40 Å². The molecule has 0 aromatic carbocycles. The highest BCUT2D eigenvalue weighted by Gasteiger charge is 2.55. The van der Waals surface area contributed by atoms with E-state index in [-0.39, 0.29) is 16.9 Å². The zero-order valence-electron chi connectivity index (χ0n) is 14.5. The van der Waals surface area contributed by atoms with Crippen molar-refractivity contribution in [2.75, 3.05) is 0 Å². The summed E-state index contributed by atoms with van der Waals surface area (Å²) in [6.45, 7) is 11.3. The molecule has 22 heavy (non-hydrogen) atoms. The minimum Gasteiger partial charge on any atom is -0.591 e. The van der Waals surface area contributed by atoms with E-state index < -0.39 is 22.5 Å². The van der Waals surface area contributed by atoms with Gasteiger partial charge in [0.1, 0.15) is 21.7 Å². The van der Waals surface area contributed by atoms with Crippen molar-refractivity contribution in [1.29, 1.82) is 0 Å². The largest absolute Gasteiger partial charge is 0.591 e. The van der Waals surface area contributed by atoms with E-state index in [0.29, 0.717) is 0 Å². The molecule has 0 aromatic rings. The molecule has 2 saturated heterocycles. The van der Waals surface area contributed by atoms with Crippen LogP contribution in [-0.2, 0) is 16.1 Å². The third-order valence-corrected chi connectivity index (χ3v) is 5.51. The van der Waals surface area contributed by atoms with E-state index in [0.717, 1.165) is 25.7 Å². The van der Waals surface area contributed by atoms with Crippen molar-refractivity contribution in [2.24, 2.45) is 4.40 Å². The molecule has 0 aliphatic carbocycles. The molecule has 126 valence electrons. The van der Waals surface area contributed by atoms with Gasteiger partial charge in [0.05, 0.1) is 11.8 Å². The zero-order chi connectivity index (χ0) is 16.8. The second-order valence-corrected chi connectivity index (χ2v) is 10.2. The van der Waals surface area contributed by atoms with Gasteiger partial charge in [-0.15, -0.1) is 0 Å². The van der Waals surface area contributed by atoms with E-state index in [4.69, 9.17) is 4.74 Å². The van der Waals surface area contributed by atoms with E-state index in [9.17, 15) is 9.35 Å². The number of ether oxygens (including phenoxy) is 1. The minimum absolute atomic E-state index is 0.226. The Morgan fingerprint density at radius 3 is 2.27 bits per heavy atom. The predicted octanol–water partition coefficient (Wildman–Crippen LogP) is 3.45. The Bertz CT molecular complexity index is 457. The molecule has 0 aromatic heterocycles. The molecular weight excluding hydrogens is 300 g/mol. The van der Waals surface area contributed by atoms with Crippen LogP contribution in [0.5, 0.6) is 0 Å². The summed E-state index contributed by atoms with van der Waals surface area (Å²) in [6.07, 6.45) is 5.16. The van der Waals surface area contributed by atoms with Crippen LogP contribution in [0, 0.1) is 0 Å². The van der Waals surface area contributed by atoms with Crippen molar-refractivity contribution in [2.45, 2.75) is 89.2 Å². The van der Waals surface area contributed by atoms with Crippen molar-refractivity contribution in [3.8, 4) is 0 Å². The molecule has 0 spiro atoms. The van der Waals surface area contributed by atoms with Crippen LogP contribution in [0.15, 0.2) is 4.40 Å². The molecular formula is C16H28N2O3S. The third kappa shape index (κ3) is 3.59. The normalized spacial score (nSPS) is 30.1. The number of hydrogen-bond donors (Lipinski definition) is 0. The van der Waals surface area contributed by atoms with Gasteiger partial charge in [0, 0.05) is 6.04 Å². The lowest BCUT2D eigenvalue weighted by Gasteiger charge is -2.33. The van der Waals surface area contributed by atoms with E-state index in [1.807, 2.05) is 46.4 Å². The topological polar surface area (TPSA) is 65.0 Å². The molecule has 2 rings (SSSR count). The fourth-order valence-electron chi connectivity index (χ4n) is 3.10. The molecule has 0 saturated carbocycles. The zero-order valence-corrected chi connectivity index (χ0v) is 15.3. The summed E-state index contributed by atoms with van der Waals surface area (Å²) >= 11 is -1.30. The highest BCUT2D eigenvalue weighted by atomic mass is 32.2.